The lowest BCUT2D eigenvalue weighted by Crippen LogP contribution is -2.47. The summed E-state index contributed by atoms with van der Waals surface area (Å²) in [5.74, 6) is 1.17. The van der Waals surface area contributed by atoms with Gasteiger partial charge >= 0.3 is 6.03 Å². The molecular formula is C22H31N3O2. The van der Waals surface area contributed by atoms with E-state index in [1.54, 1.807) is 0 Å². The molecule has 27 heavy (non-hydrogen) atoms. The lowest BCUT2D eigenvalue weighted by atomic mass is 9.92. The zero-order valence-electron chi connectivity index (χ0n) is 16.1. The smallest absolute Gasteiger partial charge is 0.321 e. The van der Waals surface area contributed by atoms with Crippen LogP contribution in [-0.2, 0) is 4.79 Å². The van der Waals surface area contributed by atoms with Gasteiger partial charge in [0.25, 0.3) is 0 Å². The van der Waals surface area contributed by atoms with Crippen molar-refractivity contribution < 1.29 is 9.59 Å². The topological polar surface area (TPSA) is 52.7 Å². The van der Waals surface area contributed by atoms with Crippen molar-refractivity contribution in [2.45, 2.75) is 57.4 Å². The number of hydrogen-bond donors (Lipinski definition) is 1. The van der Waals surface area contributed by atoms with Crippen molar-refractivity contribution in [2.75, 3.05) is 25.0 Å². The summed E-state index contributed by atoms with van der Waals surface area (Å²) in [7, 11) is 0. The highest BCUT2D eigenvalue weighted by Gasteiger charge is 2.39. The van der Waals surface area contributed by atoms with Gasteiger partial charge in [-0.3, -0.25) is 4.79 Å². The molecule has 3 fully saturated rings. The number of urea groups is 1. The fourth-order valence-corrected chi connectivity index (χ4v) is 5.19. The van der Waals surface area contributed by atoms with Gasteiger partial charge in [0, 0.05) is 37.3 Å². The van der Waals surface area contributed by atoms with Gasteiger partial charge in [0.15, 0.2) is 0 Å². The number of benzene rings is 1. The highest BCUT2D eigenvalue weighted by molar-refractivity contribution is 5.89. The summed E-state index contributed by atoms with van der Waals surface area (Å²) in [4.78, 5) is 29.6. The van der Waals surface area contributed by atoms with Crippen LogP contribution in [0.25, 0.3) is 0 Å². The summed E-state index contributed by atoms with van der Waals surface area (Å²) in [5, 5.41) is 2.95. The molecule has 1 unspecified atom stereocenters. The zero-order chi connectivity index (χ0) is 18.6. The van der Waals surface area contributed by atoms with Gasteiger partial charge in [-0.1, -0.05) is 31.0 Å². The van der Waals surface area contributed by atoms with Crippen LogP contribution in [0, 0.1) is 11.8 Å². The van der Waals surface area contributed by atoms with Gasteiger partial charge in [-0.15, -0.1) is 0 Å². The average molecular weight is 370 g/mol. The summed E-state index contributed by atoms with van der Waals surface area (Å²) < 4.78 is 0. The van der Waals surface area contributed by atoms with Crippen LogP contribution >= 0.6 is 0 Å². The third-order valence-corrected chi connectivity index (χ3v) is 6.68. The van der Waals surface area contributed by atoms with Crippen LogP contribution < -0.4 is 5.32 Å². The van der Waals surface area contributed by atoms with E-state index in [4.69, 9.17) is 0 Å². The predicted molar refractivity (Wildman–Crippen MR) is 106 cm³/mol. The van der Waals surface area contributed by atoms with E-state index >= 15 is 0 Å². The van der Waals surface area contributed by atoms with E-state index in [-0.39, 0.29) is 11.9 Å². The molecule has 0 bridgehead atoms. The Morgan fingerprint density at radius 2 is 1.56 bits per heavy atom. The largest absolute Gasteiger partial charge is 0.339 e. The minimum atomic E-state index is -0.0582. The standard InChI is InChI=1S/C22H31N3O2/c26-21(25-14-6-11-20(25)17-7-4-5-8-17)18-12-15-24(16-13-18)22(27)23-19-9-2-1-3-10-19/h1-3,9-10,17-18,20H,4-8,11-16H2,(H,23,27). The van der Waals surface area contributed by atoms with Crippen LogP contribution in [-0.4, -0.2) is 47.4 Å². The third kappa shape index (κ3) is 4.12. The molecule has 0 spiro atoms. The van der Waals surface area contributed by atoms with Gasteiger partial charge < -0.3 is 15.1 Å². The maximum absolute atomic E-state index is 13.1. The SMILES string of the molecule is O=C(Nc1ccccc1)N1CCC(C(=O)N2CCCC2C2CCCC2)CC1. The van der Waals surface area contributed by atoms with Gasteiger partial charge in [0.2, 0.25) is 5.91 Å². The van der Waals surface area contributed by atoms with Crippen molar-refractivity contribution in [2.24, 2.45) is 11.8 Å². The summed E-state index contributed by atoms with van der Waals surface area (Å²) in [6.45, 7) is 2.27. The second-order valence-electron chi connectivity index (χ2n) is 8.34. The number of likely N-dealkylation sites (tertiary alicyclic amines) is 2. The average Bonchev–Trinajstić information content (AvgIpc) is 3.40. The minimum absolute atomic E-state index is 0.0582. The number of hydrogen-bond acceptors (Lipinski definition) is 2. The first-order chi connectivity index (χ1) is 13.2. The molecule has 3 amide bonds. The molecule has 5 nitrogen and oxygen atoms in total. The number of nitrogens with one attached hydrogen (secondary N) is 1. The van der Waals surface area contributed by atoms with Gasteiger partial charge in [0.05, 0.1) is 0 Å². The van der Waals surface area contributed by atoms with Crippen molar-refractivity contribution in [3.8, 4) is 0 Å². The summed E-state index contributed by atoms with van der Waals surface area (Å²) in [6.07, 6.45) is 9.18. The van der Waals surface area contributed by atoms with Crippen LogP contribution in [0.4, 0.5) is 10.5 Å². The van der Waals surface area contributed by atoms with Crippen LogP contribution in [0.15, 0.2) is 30.3 Å². The van der Waals surface area contributed by atoms with Crippen molar-refractivity contribution in [3.63, 3.8) is 0 Å². The molecule has 1 aliphatic carbocycles. The van der Waals surface area contributed by atoms with E-state index in [0.29, 0.717) is 25.0 Å². The highest BCUT2D eigenvalue weighted by atomic mass is 16.2. The molecule has 0 aromatic heterocycles. The number of carbonyl (C=O) groups excluding carboxylic acids is 2. The van der Waals surface area contributed by atoms with E-state index in [1.807, 2.05) is 35.2 Å². The first-order valence-electron chi connectivity index (χ1n) is 10.6. The number of nitrogens with zero attached hydrogens (tertiary/aromatic N) is 2. The Hall–Kier alpha value is -2.04. The Labute approximate surface area is 162 Å². The Balaban J connectivity index is 1.29. The summed E-state index contributed by atoms with van der Waals surface area (Å²) in [6, 6.07) is 9.98. The normalized spacial score (nSPS) is 24.4. The maximum atomic E-state index is 13.1. The van der Waals surface area contributed by atoms with Crippen molar-refractivity contribution in [1.29, 1.82) is 0 Å². The number of amides is 3. The van der Waals surface area contributed by atoms with Gasteiger partial charge in [-0.05, 0) is 56.6 Å². The van der Waals surface area contributed by atoms with Crippen LogP contribution in [0.5, 0.6) is 0 Å². The van der Waals surface area contributed by atoms with E-state index in [1.165, 1.54) is 32.1 Å². The fourth-order valence-electron chi connectivity index (χ4n) is 5.19. The molecule has 0 radical (unpaired) electrons. The van der Waals surface area contributed by atoms with Gasteiger partial charge in [0.1, 0.15) is 0 Å². The lowest BCUT2D eigenvalue weighted by molar-refractivity contribution is -0.138. The number of anilines is 1. The molecule has 1 saturated carbocycles. The van der Waals surface area contributed by atoms with E-state index in [2.05, 4.69) is 10.2 Å². The quantitative estimate of drug-likeness (QED) is 0.872. The molecule has 146 valence electrons. The molecule has 2 aliphatic heterocycles. The number of rotatable bonds is 3. The Bertz CT molecular complexity index is 649. The molecule has 1 N–H and O–H groups in total. The summed E-state index contributed by atoms with van der Waals surface area (Å²) >= 11 is 0. The Kier molecular flexibility index (Phi) is 5.65. The Morgan fingerprint density at radius 3 is 2.26 bits per heavy atom. The first kappa shape index (κ1) is 18.3. The number of para-hydroxylation sites is 1. The second-order valence-corrected chi connectivity index (χ2v) is 8.34. The first-order valence-corrected chi connectivity index (χ1v) is 10.6. The van der Waals surface area contributed by atoms with Crippen molar-refractivity contribution >= 4 is 17.6 Å². The minimum Gasteiger partial charge on any atom is -0.339 e. The molecule has 3 aliphatic rings. The second kappa shape index (κ2) is 8.32. The summed E-state index contributed by atoms with van der Waals surface area (Å²) in [5.41, 5.74) is 0.817. The number of piperidine rings is 1. The molecule has 5 heteroatoms. The van der Waals surface area contributed by atoms with Gasteiger partial charge in [-0.2, -0.15) is 0 Å². The van der Waals surface area contributed by atoms with E-state index < -0.39 is 0 Å². The lowest BCUT2D eigenvalue weighted by Gasteiger charge is -2.36. The van der Waals surface area contributed by atoms with Crippen molar-refractivity contribution in [1.82, 2.24) is 9.80 Å². The third-order valence-electron chi connectivity index (χ3n) is 6.68. The Morgan fingerprint density at radius 1 is 0.852 bits per heavy atom. The zero-order valence-corrected chi connectivity index (χ0v) is 16.1. The number of carbonyl (C=O) groups is 2. The van der Waals surface area contributed by atoms with Gasteiger partial charge in [-0.25, -0.2) is 4.79 Å². The monoisotopic (exact) mass is 369 g/mol. The maximum Gasteiger partial charge on any atom is 0.321 e. The van der Waals surface area contributed by atoms with Crippen molar-refractivity contribution in [3.05, 3.63) is 30.3 Å². The van der Waals surface area contributed by atoms with Crippen LogP contribution in [0.2, 0.25) is 0 Å². The molecule has 2 heterocycles. The molecule has 2 saturated heterocycles. The van der Waals surface area contributed by atoms with E-state index in [0.717, 1.165) is 37.4 Å². The highest BCUT2D eigenvalue weighted by Crippen LogP contribution is 2.36. The van der Waals surface area contributed by atoms with E-state index in [9.17, 15) is 9.59 Å². The molecule has 1 aromatic carbocycles. The predicted octanol–water partition coefficient (Wildman–Crippen LogP) is 4.11. The van der Waals surface area contributed by atoms with Crippen LogP contribution in [0.3, 0.4) is 0 Å². The molecule has 1 atom stereocenters. The molecule has 4 rings (SSSR count). The molecule has 1 aromatic rings. The molecular weight excluding hydrogens is 338 g/mol. The fraction of sp³-hybridized carbons (Fsp3) is 0.636. The van der Waals surface area contributed by atoms with Crippen LogP contribution in [0.1, 0.15) is 51.4 Å².